The lowest BCUT2D eigenvalue weighted by molar-refractivity contribution is -0.127. The molecule has 1 unspecified atom stereocenters. The molecule has 0 radical (unpaired) electrons. The van der Waals surface area contributed by atoms with Crippen LogP contribution in [-0.4, -0.2) is 38.0 Å². The van der Waals surface area contributed by atoms with Crippen molar-refractivity contribution in [3.8, 4) is 0 Å². The summed E-state index contributed by atoms with van der Waals surface area (Å²) in [4.78, 5) is 13.2. The summed E-state index contributed by atoms with van der Waals surface area (Å²) < 4.78 is 0. The monoisotopic (exact) mass is 260 g/mol. The van der Waals surface area contributed by atoms with E-state index >= 15 is 0 Å². The molecule has 0 aromatic heterocycles. The van der Waals surface area contributed by atoms with Crippen LogP contribution >= 0.6 is 0 Å². The second kappa shape index (κ2) is 6.71. The summed E-state index contributed by atoms with van der Waals surface area (Å²) in [6.07, 6.45) is 4.00. The Kier molecular flexibility index (Phi) is 4.97. The lowest BCUT2D eigenvalue weighted by Crippen LogP contribution is -2.37. The number of nitrogens with one attached hydrogen (secondary N) is 1. The summed E-state index contributed by atoms with van der Waals surface area (Å²) in [6.45, 7) is 1.33. The minimum Gasteiger partial charge on any atom is -0.348 e. The summed E-state index contributed by atoms with van der Waals surface area (Å²) in [6, 6.07) is 10.7. The van der Waals surface area contributed by atoms with E-state index in [-0.39, 0.29) is 5.91 Å². The number of carbonyl (C=O) groups is 1. The lowest BCUT2D eigenvalue weighted by atomic mass is 9.73. The SMILES string of the molecule is CN(C)C(=O)CNCC(c1ccccc1)C1CCC1. The van der Waals surface area contributed by atoms with Crippen molar-refractivity contribution in [1.29, 1.82) is 0 Å². The maximum Gasteiger partial charge on any atom is 0.236 e. The largest absolute Gasteiger partial charge is 0.348 e. The van der Waals surface area contributed by atoms with E-state index in [0.717, 1.165) is 12.5 Å². The van der Waals surface area contributed by atoms with E-state index in [1.807, 2.05) is 0 Å². The molecule has 1 aromatic carbocycles. The van der Waals surface area contributed by atoms with Gasteiger partial charge < -0.3 is 10.2 Å². The van der Waals surface area contributed by atoms with Gasteiger partial charge in [0.05, 0.1) is 6.54 Å². The fraction of sp³-hybridized carbons (Fsp3) is 0.562. The molecule has 1 fully saturated rings. The van der Waals surface area contributed by atoms with Gasteiger partial charge >= 0.3 is 0 Å². The Morgan fingerprint density at radius 3 is 2.53 bits per heavy atom. The summed E-state index contributed by atoms with van der Waals surface area (Å²) in [5.74, 6) is 1.47. The van der Waals surface area contributed by atoms with Crippen molar-refractivity contribution in [2.75, 3.05) is 27.2 Å². The molecule has 0 saturated heterocycles. The van der Waals surface area contributed by atoms with Gasteiger partial charge in [-0.1, -0.05) is 36.8 Å². The molecule has 1 aliphatic rings. The lowest BCUT2D eigenvalue weighted by Gasteiger charge is -2.34. The zero-order chi connectivity index (χ0) is 13.7. The highest BCUT2D eigenvalue weighted by molar-refractivity contribution is 5.77. The van der Waals surface area contributed by atoms with Crippen molar-refractivity contribution in [2.45, 2.75) is 25.2 Å². The molecule has 0 spiro atoms. The molecule has 0 aliphatic heterocycles. The van der Waals surface area contributed by atoms with E-state index < -0.39 is 0 Å². The molecule has 2 rings (SSSR count). The van der Waals surface area contributed by atoms with Crippen LogP contribution in [0.4, 0.5) is 0 Å². The molecule has 3 nitrogen and oxygen atoms in total. The molecule has 1 atom stereocenters. The van der Waals surface area contributed by atoms with Crippen molar-refractivity contribution in [2.24, 2.45) is 5.92 Å². The van der Waals surface area contributed by atoms with E-state index in [4.69, 9.17) is 0 Å². The zero-order valence-electron chi connectivity index (χ0n) is 11.9. The van der Waals surface area contributed by atoms with E-state index in [2.05, 4.69) is 35.6 Å². The van der Waals surface area contributed by atoms with Crippen molar-refractivity contribution in [3.05, 3.63) is 35.9 Å². The topological polar surface area (TPSA) is 32.3 Å². The first-order chi connectivity index (χ1) is 9.18. The number of rotatable bonds is 6. The van der Waals surface area contributed by atoms with Crippen LogP contribution in [-0.2, 0) is 4.79 Å². The van der Waals surface area contributed by atoms with Gasteiger partial charge in [0.25, 0.3) is 0 Å². The quantitative estimate of drug-likeness (QED) is 0.851. The highest BCUT2D eigenvalue weighted by Crippen LogP contribution is 2.38. The predicted molar refractivity (Wildman–Crippen MR) is 78.1 cm³/mol. The molecule has 0 bridgehead atoms. The van der Waals surface area contributed by atoms with Gasteiger partial charge in [0.15, 0.2) is 0 Å². The second-order valence-corrected chi connectivity index (χ2v) is 5.63. The van der Waals surface area contributed by atoms with Crippen molar-refractivity contribution in [3.63, 3.8) is 0 Å². The van der Waals surface area contributed by atoms with Crippen LogP contribution in [0.15, 0.2) is 30.3 Å². The first-order valence-electron chi connectivity index (χ1n) is 7.14. The van der Waals surface area contributed by atoms with Gasteiger partial charge in [-0.3, -0.25) is 4.79 Å². The van der Waals surface area contributed by atoms with Crippen LogP contribution in [0.3, 0.4) is 0 Å². The Balaban J connectivity index is 1.90. The van der Waals surface area contributed by atoms with Crippen LogP contribution in [0.25, 0.3) is 0 Å². The van der Waals surface area contributed by atoms with Gasteiger partial charge in [0.1, 0.15) is 0 Å². The number of nitrogens with zero attached hydrogens (tertiary/aromatic N) is 1. The van der Waals surface area contributed by atoms with Crippen LogP contribution in [0.2, 0.25) is 0 Å². The third kappa shape index (κ3) is 3.80. The van der Waals surface area contributed by atoms with Crippen LogP contribution in [0.5, 0.6) is 0 Å². The van der Waals surface area contributed by atoms with E-state index in [1.165, 1.54) is 24.8 Å². The van der Waals surface area contributed by atoms with Crippen LogP contribution < -0.4 is 5.32 Å². The molecule has 1 amide bonds. The van der Waals surface area contributed by atoms with E-state index in [1.54, 1.807) is 19.0 Å². The number of hydrogen-bond acceptors (Lipinski definition) is 2. The Bertz CT molecular complexity index is 398. The number of hydrogen-bond donors (Lipinski definition) is 1. The zero-order valence-corrected chi connectivity index (χ0v) is 11.9. The second-order valence-electron chi connectivity index (χ2n) is 5.63. The van der Waals surface area contributed by atoms with Gasteiger partial charge in [-0.15, -0.1) is 0 Å². The molecular weight excluding hydrogens is 236 g/mol. The Labute approximate surface area is 116 Å². The Morgan fingerprint density at radius 2 is 2.00 bits per heavy atom. The highest BCUT2D eigenvalue weighted by atomic mass is 16.2. The third-order valence-electron chi connectivity index (χ3n) is 4.09. The smallest absolute Gasteiger partial charge is 0.236 e. The summed E-state index contributed by atoms with van der Waals surface area (Å²) in [5, 5.41) is 3.32. The average molecular weight is 260 g/mol. The fourth-order valence-corrected chi connectivity index (χ4v) is 2.59. The van der Waals surface area contributed by atoms with Gasteiger partial charge in [-0.25, -0.2) is 0 Å². The molecule has 3 heteroatoms. The molecule has 0 heterocycles. The minimum atomic E-state index is 0.139. The number of benzene rings is 1. The van der Waals surface area contributed by atoms with Crippen LogP contribution in [0, 0.1) is 5.92 Å². The number of amides is 1. The van der Waals surface area contributed by atoms with Crippen LogP contribution in [0.1, 0.15) is 30.7 Å². The van der Waals surface area contributed by atoms with Crippen molar-refractivity contribution in [1.82, 2.24) is 10.2 Å². The summed E-state index contributed by atoms with van der Waals surface area (Å²) in [7, 11) is 3.59. The van der Waals surface area contributed by atoms with Crippen molar-refractivity contribution >= 4 is 5.91 Å². The number of carbonyl (C=O) groups excluding carboxylic acids is 1. The maximum absolute atomic E-state index is 11.6. The molecule has 104 valence electrons. The van der Waals surface area contributed by atoms with Gasteiger partial charge in [-0.05, 0) is 30.2 Å². The summed E-state index contributed by atoms with van der Waals surface area (Å²) >= 11 is 0. The molecular formula is C16H24N2O. The first kappa shape index (κ1) is 14.1. The standard InChI is InChI=1S/C16H24N2O/c1-18(2)16(19)12-17-11-15(14-9-6-10-14)13-7-4-3-5-8-13/h3-5,7-8,14-15,17H,6,9-12H2,1-2H3. The normalized spacial score (nSPS) is 16.7. The average Bonchev–Trinajstić information content (AvgIpc) is 2.36. The van der Waals surface area contributed by atoms with Gasteiger partial charge in [0, 0.05) is 20.6 Å². The third-order valence-corrected chi connectivity index (χ3v) is 4.09. The maximum atomic E-state index is 11.6. The predicted octanol–water partition coefficient (Wildman–Crippen LogP) is 2.25. The Morgan fingerprint density at radius 1 is 1.32 bits per heavy atom. The van der Waals surface area contributed by atoms with E-state index in [0.29, 0.717) is 12.5 Å². The molecule has 1 N–H and O–H groups in total. The fourth-order valence-electron chi connectivity index (χ4n) is 2.59. The van der Waals surface area contributed by atoms with Gasteiger partial charge in [-0.2, -0.15) is 0 Å². The molecule has 1 saturated carbocycles. The molecule has 1 aliphatic carbocycles. The van der Waals surface area contributed by atoms with Gasteiger partial charge in [0.2, 0.25) is 5.91 Å². The number of likely N-dealkylation sites (N-methyl/N-ethyl adjacent to an activating group) is 1. The summed E-state index contributed by atoms with van der Waals surface area (Å²) in [5.41, 5.74) is 1.40. The minimum absolute atomic E-state index is 0.139. The highest BCUT2D eigenvalue weighted by Gasteiger charge is 2.28. The van der Waals surface area contributed by atoms with Crippen molar-refractivity contribution < 1.29 is 4.79 Å². The Hall–Kier alpha value is -1.35. The molecule has 1 aromatic rings. The first-order valence-corrected chi connectivity index (χ1v) is 7.14. The molecule has 19 heavy (non-hydrogen) atoms. The van der Waals surface area contributed by atoms with E-state index in [9.17, 15) is 4.79 Å².